The Bertz CT molecular complexity index is 1110. The molecule has 0 spiro atoms. The fraction of sp³-hybridized carbons (Fsp3) is 0.333. The number of allylic oxidation sites excluding steroid dienone is 2. The molecular formula is C18H18N2O4S2. The number of H-pyrrole nitrogens is 1. The summed E-state index contributed by atoms with van der Waals surface area (Å²) in [4.78, 5) is 28.6. The Kier molecular flexibility index (Phi) is 4.32. The number of amides is 1. The highest BCUT2D eigenvalue weighted by Crippen LogP contribution is 2.34. The second kappa shape index (κ2) is 6.51. The number of carbonyl (C=O) groups is 1. The molecule has 26 heavy (non-hydrogen) atoms. The summed E-state index contributed by atoms with van der Waals surface area (Å²) in [6.07, 6.45) is 8.16. The van der Waals surface area contributed by atoms with Crippen molar-refractivity contribution in [1.82, 2.24) is 10.3 Å². The van der Waals surface area contributed by atoms with Gasteiger partial charge >= 0.3 is 0 Å². The molecule has 8 heteroatoms. The third-order valence-corrected chi connectivity index (χ3v) is 7.18. The van der Waals surface area contributed by atoms with E-state index in [4.69, 9.17) is 0 Å². The van der Waals surface area contributed by atoms with Gasteiger partial charge in [-0.25, -0.2) is 8.42 Å². The Labute approximate surface area is 154 Å². The zero-order valence-corrected chi connectivity index (χ0v) is 15.6. The van der Waals surface area contributed by atoms with Gasteiger partial charge in [-0.1, -0.05) is 6.08 Å². The molecule has 2 aromatic heterocycles. The first kappa shape index (κ1) is 17.2. The Morgan fingerprint density at radius 3 is 2.81 bits per heavy atom. The molecule has 6 nitrogen and oxygen atoms in total. The first-order chi connectivity index (χ1) is 12.4. The fourth-order valence-electron chi connectivity index (χ4n) is 3.30. The van der Waals surface area contributed by atoms with Crippen LogP contribution in [0.5, 0.6) is 0 Å². The van der Waals surface area contributed by atoms with E-state index in [1.807, 2.05) is 6.07 Å². The molecule has 1 amide bonds. The lowest BCUT2D eigenvalue weighted by molar-refractivity contribution is 0.0946. The maximum Gasteiger partial charge on any atom is 0.261 e. The van der Waals surface area contributed by atoms with Gasteiger partial charge in [0.25, 0.3) is 11.5 Å². The SMILES string of the molecule is O=C(NC1C=CS(=O)(=O)C1)c1cc2sc(C3=CCCCC3)cc2[nH]c1=O. The van der Waals surface area contributed by atoms with Crippen LogP contribution in [0.1, 0.15) is 40.9 Å². The Hall–Kier alpha value is -2.19. The molecule has 1 unspecified atom stereocenters. The van der Waals surface area contributed by atoms with Gasteiger partial charge in [-0.15, -0.1) is 11.3 Å². The summed E-state index contributed by atoms with van der Waals surface area (Å²) in [5, 5.41) is 3.69. The van der Waals surface area contributed by atoms with Crippen LogP contribution >= 0.6 is 11.3 Å². The second-order valence-corrected chi connectivity index (χ2v) is 9.63. The van der Waals surface area contributed by atoms with Gasteiger partial charge in [-0.05, 0) is 49.5 Å². The summed E-state index contributed by atoms with van der Waals surface area (Å²) < 4.78 is 23.7. The molecule has 1 atom stereocenters. The minimum atomic E-state index is -3.26. The third-order valence-electron chi connectivity index (χ3n) is 4.63. The van der Waals surface area contributed by atoms with Crippen molar-refractivity contribution in [2.75, 3.05) is 5.75 Å². The number of sulfone groups is 1. The number of aromatic amines is 1. The van der Waals surface area contributed by atoms with Crippen molar-refractivity contribution >= 4 is 42.9 Å². The van der Waals surface area contributed by atoms with E-state index in [2.05, 4.69) is 16.4 Å². The molecule has 0 bridgehead atoms. The monoisotopic (exact) mass is 390 g/mol. The van der Waals surface area contributed by atoms with E-state index in [0.717, 1.165) is 33.3 Å². The molecular weight excluding hydrogens is 372 g/mol. The molecule has 0 saturated heterocycles. The van der Waals surface area contributed by atoms with Crippen molar-refractivity contribution in [3.8, 4) is 0 Å². The minimum Gasteiger partial charge on any atom is -0.345 e. The molecule has 4 rings (SSSR count). The van der Waals surface area contributed by atoms with Crippen LogP contribution in [0.2, 0.25) is 0 Å². The zero-order chi connectivity index (χ0) is 18.3. The summed E-state index contributed by atoms with van der Waals surface area (Å²) in [5.41, 5.74) is 1.55. The van der Waals surface area contributed by atoms with Crippen molar-refractivity contribution in [3.63, 3.8) is 0 Å². The summed E-state index contributed by atoms with van der Waals surface area (Å²) in [5.74, 6) is -0.734. The summed E-state index contributed by atoms with van der Waals surface area (Å²) in [7, 11) is -3.26. The van der Waals surface area contributed by atoms with Gasteiger partial charge in [-0.2, -0.15) is 0 Å². The van der Waals surface area contributed by atoms with Crippen LogP contribution in [0.3, 0.4) is 0 Å². The normalized spacial score (nSPS) is 21.7. The minimum absolute atomic E-state index is 0.00113. The van der Waals surface area contributed by atoms with Crippen molar-refractivity contribution in [3.05, 3.63) is 50.5 Å². The van der Waals surface area contributed by atoms with E-state index >= 15 is 0 Å². The molecule has 3 heterocycles. The fourth-order valence-corrected chi connectivity index (χ4v) is 5.66. The van der Waals surface area contributed by atoms with Crippen LogP contribution in [0, 0.1) is 0 Å². The molecule has 2 aliphatic rings. The number of hydrogen-bond acceptors (Lipinski definition) is 5. The van der Waals surface area contributed by atoms with Crippen LogP contribution in [0.15, 0.2) is 34.5 Å². The van der Waals surface area contributed by atoms with Crippen molar-refractivity contribution in [2.45, 2.75) is 31.7 Å². The number of pyridine rings is 1. The Balaban J connectivity index is 1.62. The lowest BCUT2D eigenvalue weighted by Crippen LogP contribution is -2.38. The number of hydrogen-bond donors (Lipinski definition) is 2. The molecule has 136 valence electrons. The Morgan fingerprint density at radius 1 is 1.27 bits per heavy atom. The van der Waals surface area contributed by atoms with Gasteiger partial charge in [0.15, 0.2) is 9.84 Å². The summed E-state index contributed by atoms with van der Waals surface area (Å²) in [6.45, 7) is 0. The first-order valence-corrected chi connectivity index (χ1v) is 11.0. The van der Waals surface area contributed by atoms with Crippen molar-refractivity contribution < 1.29 is 13.2 Å². The smallest absolute Gasteiger partial charge is 0.261 e. The number of rotatable bonds is 3. The first-order valence-electron chi connectivity index (χ1n) is 8.49. The summed E-state index contributed by atoms with van der Waals surface area (Å²) in [6, 6.07) is 2.95. The number of aromatic nitrogens is 1. The Morgan fingerprint density at radius 2 is 2.12 bits per heavy atom. The molecule has 2 aromatic rings. The molecule has 1 aliphatic heterocycles. The van der Waals surface area contributed by atoms with E-state index < -0.39 is 27.3 Å². The number of nitrogens with one attached hydrogen (secondary N) is 2. The van der Waals surface area contributed by atoms with Crippen LogP contribution in [-0.4, -0.2) is 31.1 Å². The van der Waals surface area contributed by atoms with Crippen LogP contribution in [0.25, 0.3) is 15.8 Å². The highest BCUT2D eigenvalue weighted by molar-refractivity contribution is 7.94. The van der Waals surface area contributed by atoms with E-state index in [9.17, 15) is 18.0 Å². The van der Waals surface area contributed by atoms with E-state index in [1.165, 1.54) is 24.5 Å². The predicted molar refractivity (Wildman–Crippen MR) is 103 cm³/mol. The maximum absolute atomic E-state index is 12.4. The van der Waals surface area contributed by atoms with Gasteiger partial charge in [0.2, 0.25) is 0 Å². The van der Waals surface area contributed by atoms with E-state index in [-0.39, 0.29) is 11.3 Å². The van der Waals surface area contributed by atoms with Crippen LogP contribution in [-0.2, 0) is 9.84 Å². The van der Waals surface area contributed by atoms with Crippen molar-refractivity contribution in [2.24, 2.45) is 0 Å². The molecule has 1 aliphatic carbocycles. The maximum atomic E-state index is 12.4. The van der Waals surface area contributed by atoms with Crippen molar-refractivity contribution in [1.29, 1.82) is 0 Å². The van der Waals surface area contributed by atoms with Crippen LogP contribution < -0.4 is 10.9 Å². The predicted octanol–water partition coefficient (Wildman–Crippen LogP) is 2.59. The topological polar surface area (TPSA) is 96.1 Å². The lowest BCUT2D eigenvalue weighted by atomic mass is 9.98. The molecule has 0 fully saturated rings. The molecule has 0 aromatic carbocycles. The highest BCUT2D eigenvalue weighted by Gasteiger charge is 2.24. The number of fused-ring (bicyclic) bond motifs is 1. The van der Waals surface area contributed by atoms with Gasteiger partial charge in [-0.3, -0.25) is 9.59 Å². The van der Waals surface area contributed by atoms with E-state index in [1.54, 1.807) is 17.4 Å². The molecule has 0 saturated carbocycles. The second-order valence-electron chi connectivity index (χ2n) is 6.61. The molecule has 2 N–H and O–H groups in total. The average molecular weight is 390 g/mol. The van der Waals surface area contributed by atoms with Gasteiger partial charge in [0, 0.05) is 10.3 Å². The lowest BCUT2D eigenvalue weighted by Gasteiger charge is -2.10. The third kappa shape index (κ3) is 3.39. The molecule has 0 radical (unpaired) electrons. The number of thiophene rings is 1. The zero-order valence-electron chi connectivity index (χ0n) is 13.9. The quantitative estimate of drug-likeness (QED) is 0.842. The highest BCUT2D eigenvalue weighted by atomic mass is 32.2. The van der Waals surface area contributed by atoms with Gasteiger partial charge in [0.05, 0.1) is 22.0 Å². The average Bonchev–Trinajstić information content (AvgIpc) is 3.17. The van der Waals surface area contributed by atoms with Gasteiger partial charge < -0.3 is 10.3 Å². The number of carbonyl (C=O) groups excluding carboxylic acids is 1. The van der Waals surface area contributed by atoms with Crippen LogP contribution in [0.4, 0.5) is 0 Å². The summed E-state index contributed by atoms with van der Waals surface area (Å²) >= 11 is 1.56. The van der Waals surface area contributed by atoms with Gasteiger partial charge in [0.1, 0.15) is 5.56 Å². The van der Waals surface area contributed by atoms with E-state index in [0.29, 0.717) is 0 Å². The standard InChI is InChI=1S/C18H18N2O4S2/c21-17(19-12-6-7-26(23,24)10-12)13-8-16-14(20-18(13)22)9-15(25-16)11-4-2-1-3-5-11/h4,6-9,12H,1-3,5,10H2,(H,19,21)(H,20,22). The largest absolute Gasteiger partial charge is 0.345 e.